The summed E-state index contributed by atoms with van der Waals surface area (Å²) in [4.78, 5) is 14.5. The van der Waals surface area contributed by atoms with E-state index in [0.717, 1.165) is 5.56 Å². The van der Waals surface area contributed by atoms with Gasteiger partial charge in [0.1, 0.15) is 0 Å². The van der Waals surface area contributed by atoms with Gasteiger partial charge in [0, 0.05) is 26.7 Å². The van der Waals surface area contributed by atoms with Crippen molar-refractivity contribution in [2.75, 3.05) is 33.4 Å². The second-order valence-electron chi connectivity index (χ2n) is 6.48. The smallest absolute Gasteiger partial charge is 0.255 e. The van der Waals surface area contributed by atoms with Gasteiger partial charge in [-0.1, -0.05) is 24.3 Å². The van der Waals surface area contributed by atoms with Gasteiger partial charge in [-0.3, -0.25) is 4.79 Å². The number of carbonyl (C=O) groups excluding carboxylic acids is 1. The number of nitrogens with zero attached hydrogens (tertiary/aromatic N) is 3. The summed E-state index contributed by atoms with van der Waals surface area (Å²) < 4.78 is 32.6. The van der Waals surface area contributed by atoms with Gasteiger partial charge in [-0.15, -0.1) is 0 Å². The van der Waals surface area contributed by atoms with Gasteiger partial charge in [-0.05, 0) is 29.8 Å². The van der Waals surface area contributed by atoms with Gasteiger partial charge in [0.15, 0.2) is 0 Å². The number of rotatable bonds is 5. The van der Waals surface area contributed by atoms with Crippen LogP contribution in [0, 0.1) is 11.3 Å². The molecule has 1 heterocycles. The lowest BCUT2D eigenvalue weighted by Gasteiger charge is -2.27. The molecule has 2 aromatic rings. The van der Waals surface area contributed by atoms with Crippen LogP contribution in [0.4, 0.5) is 0 Å². The summed E-state index contributed by atoms with van der Waals surface area (Å²) in [7, 11) is -2.16. The van der Waals surface area contributed by atoms with Crippen molar-refractivity contribution in [3.8, 4) is 6.07 Å². The summed E-state index contributed by atoms with van der Waals surface area (Å²) in [5, 5.41) is 8.88. The molecule has 2 aromatic carbocycles. The van der Waals surface area contributed by atoms with Crippen LogP contribution in [0.1, 0.15) is 21.5 Å². The maximum atomic E-state index is 13.0. The Kier molecular flexibility index (Phi) is 6.09. The lowest BCUT2D eigenvalue weighted by molar-refractivity contribution is 0.0727. The van der Waals surface area contributed by atoms with Crippen LogP contribution in [0.25, 0.3) is 0 Å². The van der Waals surface area contributed by atoms with Gasteiger partial charge < -0.3 is 9.64 Å². The molecule has 1 fully saturated rings. The summed E-state index contributed by atoms with van der Waals surface area (Å²) >= 11 is 0. The lowest BCUT2D eigenvalue weighted by atomic mass is 10.1. The van der Waals surface area contributed by atoms with Crippen molar-refractivity contribution in [3.63, 3.8) is 0 Å². The van der Waals surface area contributed by atoms with E-state index in [1.165, 1.54) is 21.3 Å². The molecule has 0 aliphatic carbocycles. The number of sulfonamides is 1. The molecular formula is C20H21N3O4S. The Morgan fingerprint density at radius 3 is 2.43 bits per heavy atom. The fraction of sp³-hybridized carbons (Fsp3) is 0.300. The van der Waals surface area contributed by atoms with E-state index < -0.39 is 10.0 Å². The third-order valence-corrected chi connectivity index (χ3v) is 6.51. The van der Waals surface area contributed by atoms with Gasteiger partial charge >= 0.3 is 0 Å². The van der Waals surface area contributed by atoms with Crippen LogP contribution < -0.4 is 0 Å². The highest BCUT2D eigenvalue weighted by Crippen LogP contribution is 2.23. The van der Waals surface area contributed by atoms with E-state index in [9.17, 15) is 13.2 Å². The first-order chi connectivity index (χ1) is 13.4. The summed E-state index contributed by atoms with van der Waals surface area (Å²) in [6.07, 6.45) is 0. The Bertz CT molecular complexity index is 991. The summed E-state index contributed by atoms with van der Waals surface area (Å²) in [6, 6.07) is 15.2. The molecule has 3 rings (SSSR count). The highest BCUT2D eigenvalue weighted by atomic mass is 32.2. The molecule has 0 atom stereocenters. The third-order valence-electron chi connectivity index (χ3n) is 4.55. The van der Waals surface area contributed by atoms with Crippen molar-refractivity contribution in [1.29, 1.82) is 5.26 Å². The van der Waals surface area contributed by atoms with Crippen LogP contribution in [0.15, 0.2) is 53.4 Å². The van der Waals surface area contributed by atoms with Crippen molar-refractivity contribution in [2.24, 2.45) is 0 Å². The van der Waals surface area contributed by atoms with Gasteiger partial charge in [0.25, 0.3) is 5.91 Å². The predicted octanol–water partition coefficient (Wildman–Crippen LogP) is 1.85. The highest BCUT2D eigenvalue weighted by molar-refractivity contribution is 7.89. The zero-order chi connectivity index (χ0) is 20.1. The highest BCUT2D eigenvalue weighted by Gasteiger charge is 2.30. The van der Waals surface area contributed by atoms with Crippen molar-refractivity contribution >= 4 is 15.9 Å². The van der Waals surface area contributed by atoms with E-state index >= 15 is 0 Å². The molecule has 1 aliphatic heterocycles. The first-order valence-corrected chi connectivity index (χ1v) is 10.3. The number of hydrogen-bond acceptors (Lipinski definition) is 5. The van der Waals surface area contributed by atoms with Crippen LogP contribution >= 0.6 is 0 Å². The third kappa shape index (κ3) is 4.22. The quantitative estimate of drug-likeness (QED) is 0.765. The average Bonchev–Trinajstić information content (AvgIpc) is 2.74. The maximum Gasteiger partial charge on any atom is 0.255 e. The Morgan fingerprint density at radius 1 is 1.14 bits per heavy atom. The van der Waals surface area contributed by atoms with E-state index in [2.05, 4.69) is 6.07 Å². The van der Waals surface area contributed by atoms with Crippen LogP contribution in [0.5, 0.6) is 0 Å². The molecule has 0 N–H and O–H groups in total. The fourth-order valence-corrected chi connectivity index (χ4v) is 4.62. The van der Waals surface area contributed by atoms with E-state index in [0.29, 0.717) is 25.3 Å². The molecule has 146 valence electrons. The zero-order valence-corrected chi connectivity index (χ0v) is 16.4. The first-order valence-electron chi connectivity index (χ1n) is 8.85. The van der Waals surface area contributed by atoms with Crippen molar-refractivity contribution in [2.45, 2.75) is 11.4 Å². The Hall–Kier alpha value is -2.73. The van der Waals surface area contributed by atoms with Gasteiger partial charge in [-0.25, -0.2) is 8.42 Å². The number of ether oxygens (including phenoxy) is 1. The topological polar surface area (TPSA) is 90.7 Å². The summed E-state index contributed by atoms with van der Waals surface area (Å²) in [5.41, 5.74) is 1.54. The molecule has 1 amide bonds. The first kappa shape index (κ1) is 20.0. The van der Waals surface area contributed by atoms with E-state index in [1.54, 1.807) is 43.4 Å². The fourth-order valence-electron chi connectivity index (χ4n) is 3.03. The second kappa shape index (κ2) is 8.52. The monoisotopic (exact) mass is 399 g/mol. The number of nitriles is 1. The molecule has 1 saturated heterocycles. The molecule has 0 spiro atoms. The minimum absolute atomic E-state index is 0.00794. The van der Waals surface area contributed by atoms with Gasteiger partial charge in [-0.2, -0.15) is 9.57 Å². The minimum atomic E-state index is -3.78. The van der Waals surface area contributed by atoms with E-state index in [4.69, 9.17) is 10.00 Å². The van der Waals surface area contributed by atoms with Crippen molar-refractivity contribution in [3.05, 3.63) is 65.2 Å². The average molecular weight is 399 g/mol. The minimum Gasteiger partial charge on any atom is -0.379 e. The summed E-state index contributed by atoms with van der Waals surface area (Å²) in [6.45, 7) is 1.52. The predicted molar refractivity (Wildman–Crippen MR) is 103 cm³/mol. The largest absolute Gasteiger partial charge is 0.379 e. The van der Waals surface area contributed by atoms with Crippen LogP contribution in [-0.2, 0) is 21.3 Å². The standard InChI is InChI=1S/C20H21N3O4S/c1-22(15-17-8-6-16(14-21)7-9-17)20(24)18-4-2-3-5-19(18)28(25,26)23-10-12-27-13-11-23/h2-9H,10-13,15H2,1H3. The molecular weight excluding hydrogens is 378 g/mol. The maximum absolute atomic E-state index is 13.0. The van der Waals surface area contributed by atoms with Crippen LogP contribution in [0.3, 0.4) is 0 Å². The SMILES string of the molecule is CN(Cc1ccc(C#N)cc1)C(=O)c1ccccc1S(=O)(=O)N1CCOCC1. The van der Waals surface area contributed by atoms with E-state index in [-0.39, 0.29) is 29.5 Å². The Morgan fingerprint density at radius 2 is 1.79 bits per heavy atom. The number of morpholine rings is 1. The lowest BCUT2D eigenvalue weighted by Crippen LogP contribution is -2.41. The molecule has 28 heavy (non-hydrogen) atoms. The van der Waals surface area contributed by atoms with E-state index in [1.807, 2.05) is 0 Å². The normalized spacial score (nSPS) is 15.0. The summed E-state index contributed by atoms with van der Waals surface area (Å²) in [5.74, 6) is -0.378. The number of hydrogen-bond donors (Lipinski definition) is 0. The molecule has 0 unspecified atom stereocenters. The molecule has 0 aromatic heterocycles. The number of benzene rings is 2. The number of carbonyl (C=O) groups is 1. The van der Waals surface area contributed by atoms with Crippen LogP contribution in [0.2, 0.25) is 0 Å². The van der Waals surface area contributed by atoms with Crippen molar-refractivity contribution in [1.82, 2.24) is 9.21 Å². The molecule has 1 aliphatic rings. The van der Waals surface area contributed by atoms with Crippen molar-refractivity contribution < 1.29 is 17.9 Å². The Balaban J connectivity index is 1.84. The zero-order valence-electron chi connectivity index (χ0n) is 15.5. The van der Waals surface area contributed by atoms with Gasteiger partial charge in [0.05, 0.1) is 35.3 Å². The molecule has 0 saturated carbocycles. The molecule has 7 nitrogen and oxygen atoms in total. The molecule has 0 bridgehead atoms. The van der Waals surface area contributed by atoms with Gasteiger partial charge in [0.2, 0.25) is 10.0 Å². The number of amides is 1. The second-order valence-corrected chi connectivity index (χ2v) is 8.39. The Labute approximate surface area is 164 Å². The van der Waals surface area contributed by atoms with Crippen LogP contribution in [-0.4, -0.2) is 56.9 Å². The molecule has 0 radical (unpaired) electrons. The molecule has 8 heteroatoms.